The summed E-state index contributed by atoms with van der Waals surface area (Å²) in [6, 6.07) is 3.50. The fraction of sp³-hybridized carbons (Fsp3) is 0.643. The summed E-state index contributed by atoms with van der Waals surface area (Å²) in [5.41, 5.74) is 0.881. The number of aryl methyl sites for hydroxylation is 1. The van der Waals surface area contributed by atoms with E-state index in [4.69, 9.17) is 9.47 Å². The molecule has 0 spiro atoms. The second kappa shape index (κ2) is 10.5. The molecule has 0 atom stereocenters. The zero-order valence-corrected chi connectivity index (χ0v) is 15.9. The normalized spacial score (nSPS) is 12.7. The van der Waals surface area contributed by atoms with Crippen LogP contribution < -0.4 is 4.57 Å². The summed E-state index contributed by atoms with van der Waals surface area (Å²) in [5.74, 6) is 0. The number of hydrogen-bond donors (Lipinski definition) is 4. The van der Waals surface area contributed by atoms with Crippen molar-refractivity contribution in [2.24, 2.45) is 0 Å². The van der Waals surface area contributed by atoms with Gasteiger partial charge >= 0.3 is 15.2 Å². The van der Waals surface area contributed by atoms with Crippen molar-refractivity contribution in [2.75, 3.05) is 26.4 Å². The molecule has 4 N–H and O–H groups in total. The van der Waals surface area contributed by atoms with Gasteiger partial charge in [-0.25, -0.2) is 4.57 Å². The molecule has 1 aromatic rings. The van der Waals surface area contributed by atoms with Crippen molar-refractivity contribution in [1.82, 2.24) is 0 Å². The SMILES string of the molecule is CCOCCOCCCc1ccc[n+](CC(P(=O)(O)O)P(=O)(O)O)c1. The molecule has 0 fully saturated rings. The third kappa shape index (κ3) is 9.03. The van der Waals surface area contributed by atoms with Crippen LogP contribution in [0.3, 0.4) is 0 Å². The molecule has 144 valence electrons. The number of pyridine rings is 1. The van der Waals surface area contributed by atoms with E-state index in [0.29, 0.717) is 32.8 Å². The topological polar surface area (TPSA) is 137 Å². The first-order valence-electron chi connectivity index (χ1n) is 7.88. The van der Waals surface area contributed by atoms with E-state index in [2.05, 4.69) is 0 Å². The van der Waals surface area contributed by atoms with Crippen LogP contribution in [0.2, 0.25) is 0 Å². The zero-order chi connectivity index (χ0) is 18.9. The van der Waals surface area contributed by atoms with E-state index in [-0.39, 0.29) is 0 Å². The number of hydrogen-bond acceptors (Lipinski definition) is 4. The van der Waals surface area contributed by atoms with Crippen LogP contribution in [0.15, 0.2) is 24.5 Å². The molecule has 0 saturated heterocycles. The zero-order valence-electron chi connectivity index (χ0n) is 14.1. The number of ether oxygens (including phenoxy) is 2. The van der Waals surface area contributed by atoms with E-state index >= 15 is 0 Å². The lowest BCUT2D eigenvalue weighted by atomic mass is 10.2. The van der Waals surface area contributed by atoms with Gasteiger partial charge in [0.1, 0.15) is 0 Å². The van der Waals surface area contributed by atoms with E-state index in [0.717, 1.165) is 12.0 Å². The second-order valence-corrected chi connectivity index (χ2v) is 9.49. The van der Waals surface area contributed by atoms with Crippen LogP contribution in [0.25, 0.3) is 0 Å². The Bertz CT molecular complexity index is 593. The van der Waals surface area contributed by atoms with E-state index in [1.54, 1.807) is 12.3 Å². The smallest absolute Gasteiger partial charge is 0.347 e. The predicted octanol–water partition coefficient (Wildman–Crippen LogP) is 0.641. The third-order valence-electron chi connectivity index (χ3n) is 3.40. The first kappa shape index (κ1) is 22.4. The van der Waals surface area contributed by atoms with Crippen LogP contribution in [0, 0.1) is 0 Å². The highest BCUT2D eigenvalue weighted by Gasteiger charge is 2.46. The molecule has 0 saturated carbocycles. The van der Waals surface area contributed by atoms with E-state index in [1.165, 1.54) is 10.8 Å². The van der Waals surface area contributed by atoms with Crippen LogP contribution in [0.5, 0.6) is 0 Å². The lowest BCUT2D eigenvalue weighted by Gasteiger charge is -2.16. The molecular weight excluding hydrogens is 372 g/mol. The molecule has 11 heteroatoms. The summed E-state index contributed by atoms with van der Waals surface area (Å²) in [4.78, 5) is 36.7. The number of aromatic nitrogens is 1. The van der Waals surface area contributed by atoms with Gasteiger partial charge in [0.05, 0.1) is 13.2 Å². The van der Waals surface area contributed by atoms with Gasteiger partial charge in [-0.3, -0.25) is 9.13 Å². The Kier molecular flexibility index (Phi) is 9.41. The Morgan fingerprint density at radius 1 is 1.08 bits per heavy atom. The van der Waals surface area contributed by atoms with Gasteiger partial charge in [0.15, 0.2) is 18.9 Å². The van der Waals surface area contributed by atoms with Gasteiger partial charge in [-0.2, -0.15) is 0 Å². The molecule has 9 nitrogen and oxygen atoms in total. The van der Waals surface area contributed by atoms with Crippen LogP contribution in [0.4, 0.5) is 0 Å². The standard InChI is InChI=1S/C14H25NO8P2/c1-2-22-9-10-23-8-4-6-13-5-3-7-15(11-13)12-14(24(16,17)18)25(19,20)21/h3,5,7,11,14H,2,4,6,8-10,12H2,1H3,(H3-,16,17,18,19,20,21)/p+1. The van der Waals surface area contributed by atoms with Gasteiger partial charge < -0.3 is 29.0 Å². The Morgan fingerprint density at radius 3 is 2.32 bits per heavy atom. The van der Waals surface area contributed by atoms with Crippen molar-refractivity contribution >= 4 is 15.2 Å². The fourth-order valence-corrected chi connectivity index (χ4v) is 4.55. The van der Waals surface area contributed by atoms with Crippen LogP contribution in [0.1, 0.15) is 18.9 Å². The maximum atomic E-state index is 11.3. The highest BCUT2D eigenvalue weighted by Crippen LogP contribution is 2.59. The van der Waals surface area contributed by atoms with Crippen LogP contribution in [-0.2, 0) is 31.6 Å². The summed E-state index contributed by atoms with van der Waals surface area (Å²) < 4.78 is 34.6. The van der Waals surface area contributed by atoms with Crippen molar-refractivity contribution in [2.45, 2.75) is 31.7 Å². The molecule has 0 unspecified atom stereocenters. The largest absolute Gasteiger partial charge is 0.379 e. The van der Waals surface area contributed by atoms with Crippen molar-refractivity contribution < 1.29 is 42.7 Å². The Morgan fingerprint density at radius 2 is 1.72 bits per heavy atom. The highest BCUT2D eigenvalue weighted by atomic mass is 31.2. The van der Waals surface area contributed by atoms with Gasteiger partial charge in [-0.05, 0) is 25.8 Å². The van der Waals surface area contributed by atoms with Gasteiger partial charge in [0, 0.05) is 24.8 Å². The summed E-state index contributed by atoms with van der Waals surface area (Å²) in [7, 11) is -9.87. The minimum absolute atomic E-state index is 0.465. The second-order valence-electron chi connectivity index (χ2n) is 5.48. The van der Waals surface area contributed by atoms with E-state index in [9.17, 15) is 28.7 Å². The monoisotopic (exact) mass is 398 g/mol. The average molecular weight is 398 g/mol. The maximum Gasteiger partial charge on any atom is 0.347 e. The van der Waals surface area contributed by atoms with Crippen molar-refractivity contribution in [3.8, 4) is 0 Å². The molecule has 0 bridgehead atoms. The summed E-state index contributed by atoms with van der Waals surface area (Å²) in [6.45, 7) is 3.72. The average Bonchev–Trinajstić information content (AvgIpc) is 2.50. The molecule has 0 radical (unpaired) electrons. The molecule has 0 aliphatic heterocycles. The minimum atomic E-state index is -4.93. The molecule has 0 aliphatic rings. The van der Waals surface area contributed by atoms with Crippen LogP contribution in [-0.4, -0.2) is 51.4 Å². The fourth-order valence-electron chi connectivity index (χ4n) is 2.18. The van der Waals surface area contributed by atoms with Gasteiger partial charge in [0.2, 0.25) is 5.40 Å². The van der Waals surface area contributed by atoms with Gasteiger partial charge in [-0.15, -0.1) is 0 Å². The van der Waals surface area contributed by atoms with E-state index < -0.39 is 27.1 Å². The highest BCUT2D eigenvalue weighted by molar-refractivity contribution is 7.70. The molecule has 0 aliphatic carbocycles. The van der Waals surface area contributed by atoms with Crippen LogP contribution >= 0.6 is 15.2 Å². The van der Waals surface area contributed by atoms with Crippen molar-refractivity contribution in [3.05, 3.63) is 30.1 Å². The lowest BCUT2D eigenvalue weighted by molar-refractivity contribution is -0.695. The molecule has 0 amide bonds. The van der Waals surface area contributed by atoms with Gasteiger partial charge in [-0.1, -0.05) is 0 Å². The quantitative estimate of drug-likeness (QED) is 0.229. The first-order valence-corrected chi connectivity index (χ1v) is 11.2. The number of rotatable bonds is 12. The summed E-state index contributed by atoms with van der Waals surface area (Å²) in [6.07, 6.45) is 4.56. The van der Waals surface area contributed by atoms with Crippen molar-refractivity contribution in [3.63, 3.8) is 0 Å². The third-order valence-corrected chi connectivity index (χ3v) is 7.09. The lowest BCUT2D eigenvalue weighted by Crippen LogP contribution is -2.39. The predicted molar refractivity (Wildman–Crippen MR) is 90.1 cm³/mol. The molecule has 1 aromatic heterocycles. The molecule has 0 aromatic carbocycles. The van der Waals surface area contributed by atoms with E-state index in [1.807, 2.05) is 13.0 Å². The molecule has 1 heterocycles. The number of nitrogens with zero attached hydrogens (tertiary/aromatic N) is 1. The minimum Gasteiger partial charge on any atom is -0.379 e. The maximum absolute atomic E-state index is 11.3. The Hall–Kier alpha value is -0.630. The van der Waals surface area contributed by atoms with Crippen molar-refractivity contribution in [1.29, 1.82) is 0 Å². The Balaban J connectivity index is 2.57. The summed E-state index contributed by atoms with van der Waals surface area (Å²) >= 11 is 0. The first-order chi connectivity index (χ1) is 11.6. The molecular formula is C14H26NO8P2+. The molecule has 1 rings (SSSR count). The van der Waals surface area contributed by atoms with Gasteiger partial charge in [0.25, 0.3) is 0 Å². The Labute approximate surface area is 146 Å². The molecule has 25 heavy (non-hydrogen) atoms. The summed E-state index contributed by atoms with van der Waals surface area (Å²) in [5, 5.41) is -2.05.